The van der Waals surface area contributed by atoms with Gasteiger partial charge < -0.3 is 15.0 Å². The second-order valence-electron chi connectivity index (χ2n) is 4.93. The van der Waals surface area contributed by atoms with Crippen LogP contribution in [0.25, 0.3) is 11.3 Å². The van der Waals surface area contributed by atoms with Gasteiger partial charge in [-0.15, -0.1) is 0 Å². The Kier molecular flexibility index (Phi) is 3.12. The average Bonchev–Trinajstić information content (AvgIpc) is 2.97. The normalized spacial score (nSPS) is 19.8. The van der Waals surface area contributed by atoms with Gasteiger partial charge in [-0.05, 0) is 13.8 Å². The Hall–Kier alpha value is -1.66. The zero-order chi connectivity index (χ0) is 13.4. The number of aromatic amines is 1. The molecule has 1 fully saturated rings. The maximum Gasteiger partial charge on any atom is 0.126 e. The molecule has 1 aliphatic rings. The molecule has 0 radical (unpaired) electrons. The number of ether oxygens (including phenoxy) is 1. The minimum atomic E-state index is 0.153. The number of hydrogen-bond donors (Lipinski definition) is 2. The van der Waals surface area contributed by atoms with E-state index in [-0.39, 0.29) is 6.04 Å². The van der Waals surface area contributed by atoms with Gasteiger partial charge in [0, 0.05) is 24.8 Å². The first-order chi connectivity index (χ1) is 9.16. The van der Waals surface area contributed by atoms with E-state index in [4.69, 9.17) is 4.74 Å². The second kappa shape index (κ2) is 4.79. The molecule has 0 amide bonds. The van der Waals surface area contributed by atoms with Crippen molar-refractivity contribution in [1.82, 2.24) is 25.1 Å². The smallest absolute Gasteiger partial charge is 0.126 e. The molecular formula is C13H19N5O. The number of aryl methyl sites for hydroxylation is 2. The number of morpholine rings is 1. The Morgan fingerprint density at radius 1 is 1.42 bits per heavy atom. The van der Waals surface area contributed by atoms with E-state index in [2.05, 4.69) is 27.3 Å². The zero-order valence-electron chi connectivity index (χ0n) is 11.5. The van der Waals surface area contributed by atoms with E-state index in [1.807, 2.05) is 24.9 Å². The highest BCUT2D eigenvalue weighted by molar-refractivity contribution is 5.64. The standard InChI is InChI=1S/C13H19N5O/c1-8-12(9(2)18(3)17-8)10-6-15-13(16-10)11-7-19-5-4-14-11/h6,11,14H,4-5,7H2,1-3H3,(H,15,16). The first kappa shape index (κ1) is 12.4. The fraction of sp³-hybridized carbons (Fsp3) is 0.538. The Morgan fingerprint density at radius 2 is 2.26 bits per heavy atom. The summed E-state index contributed by atoms with van der Waals surface area (Å²) in [5, 5.41) is 7.83. The van der Waals surface area contributed by atoms with Crippen molar-refractivity contribution in [2.45, 2.75) is 19.9 Å². The van der Waals surface area contributed by atoms with Crippen molar-refractivity contribution in [3.63, 3.8) is 0 Å². The number of nitrogens with zero attached hydrogens (tertiary/aromatic N) is 3. The minimum absolute atomic E-state index is 0.153. The van der Waals surface area contributed by atoms with Gasteiger partial charge in [0.2, 0.25) is 0 Å². The predicted molar refractivity (Wildman–Crippen MR) is 71.8 cm³/mol. The van der Waals surface area contributed by atoms with Crippen molar-refractivity contribution in [2.75, 3.05) is 19.8 Å². The van der Waals surface area contributed by atoms with E-state index in [1.54, 1.807) is 0 Å². The van der Waals surface area contributed by atoms with Gasteiger partial charge in [-0.25, -0.2) is 4.98 Å². The van der Waals surface area contributed by atoms with Crippen LogP contribution in [0.2, 0.25) is 0 Å². The number of hydrogen-bond acceptors (Lipinski definition) is 4. The maximum atomic E-state index is 5.46. The fourth-order valence-corrected chi connectivity index (χ4v) is 2.55. The average molecular weight is 261 g/mol. The molecule has 0 spiro atoms. The molecule has 2 aromatic heterocycles. The van der Waals surface area contributed by atoms with Gasteiger partial charge in [-0.3, -0.25) is 4.68 Å². The third kappa shape index (κ3) is 2.17. The Labute approximate surface area is 112 Å². The van der Waals surface area contributed by atoms with E-state index >= 15 is 0 Å². The lowest BCUT2D eigenvalue weighted by atomic mass is 10.1. The summed E-state index contributed by atoms with van der Waals surface area (Å²) >= 11 is 0. The Balaban J connectivity index is 1.92. The summed E-state index contributed by atoms with van der Waals surface area (Å²) in [7, 11) is 1.96. The summed E-state index contributed by atoms with van der Waals surface area (Å²) in [6.07, 6.45) is 1.88. The van der Waals surface area contributed by atoms with Crippen LogP contribution in [0.4, 0.5) is 0 Å². The Bertz CT molecular complexity index is 580. The molecule has 6 heteroatoms. The van der Waals surface area contributed by atoms with Crippen molar-refractivity contribution < 1.29 is 4.74 Å². The number of rotatable bonds is 2. The lowest BCUT2D eigenvalue weighted by Crippen LogP contribution is -2.35. The predicted octanol–water partition coefficient (Wildman–Crippen LogP) is 1.09. The molecule has 2 N–H and O–H groups in total. The van der Waals surface area contributed by atoms with E-state index in [0.29, 0.717) is 6.61 Å². The number of aromatic nitrogens is 4. The van der Waals surface area contributed by atoms with Gasteiger partial charge in [-0.2, -0.15) is 5.10 Å². The molecule has 3 rings (SSSR count). The molecule has 6 nitrogen and oxygen atoms in total. The van der Waals surface area contributed by atoms with E-state index in [1.165, 1.54) is 0 Å². The lowest BCUT2D eigenvalue weighted by molar-refractivity contribution is 0.0745. The largest absolute Gasteiger partial charge is 0.378 e. The lowest BCUT2D eigenvalue weighted by Gasteiger charge is -2.21. The topological polar surface area (TPSA) is 67.8 Å². The molecule has 1 unspecified atom stereocenters. The summed E-state index contributed by atoms with van der Waals surface area (Å²) < 4.78 is 7.36. The van der Waals surface area contributed by atoms with Gasteiger partial charge in [-0.1, -0.05) is 0 Å². The molecule has 1 saturated heterocycles. The summed E-state index contributed by atoms with van der Waals surface area (Å²) in [6, 6.07) is 0.153. The number of nitrogens with one attached hydrogen (secondary N) is 2. The summed E-state index contributed by atoms with van der Waals surface area (Å²) in [6.45, 7) is 6.39. The Morgan fingerprint density at radius 3 is 2.89 bits per heavy atom. The van der Waals surface area contributed by atoms with Crippen molar-refractivity contribution in [1.29, 1.82) is 0 Å². The maximum absolute atomic E-state index is 5.46. The van der Waals surface area contributed by atoms with Gasteiger partial charge >= 0.3 is 0 Å². The van der Waals surface area contributed by atoms with Gasteiger partial charge in [0.15, 0.2) is 0 Å². The van der Waals surface area contributed by atoms with Gasteiger partial charge in [0.05, 0.1) is 36.8 Å². The van der Waals surface area contributed by atoms with Crippen LogP contribution in [-0.4, -0.2) is 39.5 Å². The molecule has 0 aromatic carbocycles. The minimum Gasteiger partial charge on any atom is -0.378 e. The molecule has 1 aliphatic heterocycles. The third-order valence-corrected chi connectivity index (χ3v) is 3.63. The van der Waals surface area contributed by atoms with Crippen LogP contribution < -0.4 is 5.32 Å². The van der Waals surface area contributed by atoms with Gasteiger partial charge in [0.1, 0.15) is 5.82 Å². The van der Waals surface area contributed by atoms with Gasteiger partial charge in [0.25, 0.3) is 0 Å². The molecule has 2 aromatic rings. The monoisotopic (exact) mass is 261 g/mol. The highest BCUT2D eigenvalue weighted by Crippen LogP contribution is 2.26. The van der Waals surface area contributed by atoms with Crippen molar-refractivity contribution in [3.8, 4) is 11.3 Å². The quantitative estimate of drug-likeness (QED) is 0.849. The third-order valence-electron chi connectivity index (χ3n) is 3.63. The van der Waals surface area contributed by atoms with Crippen LogP contribution in [0.3, 0.4) is 0 Å². The molecular weight excluding hydrogens is 242 g/mol. The van der Waals surface area contributed by atoms with E-state index in [0.717, 1.165) is 41.6 Å². The molecule has 3 heterocycles. The SMILES string of the molecule is Cc1nn(C)c(C)c1-c1cnc(C2COCCN2)[nH]1. The summed E-state index contributed by atoms with van der Waals surface area (Å²) in [5.74, 6) is 0.928. The van der Waals surface area contributed by atoms with Crippen LogP contribution in [-0.2, 0) is 11.8 Å². The molecule has 19 heavy (non-hydrogen) atoms. The molecule has 1 atom stereocenters. The van der Waals surface area contributed by atoms with E-state index in [9.17, 15) is 0 Å². The summed E-state index contributed by atoms with van der Waals surface area (Å²) in [5.41, 5.74) is 4.31. The van der Waals surface area contributed by atoms with Crippen molar-refractivity contribution >= 4 is 0 Å². The van der Waals surface area contributed by atoms with Crippen LogP contribution in [0.1, 0.15) is 23.3 Å². The zero-order valence-corrected chi connectivity index (χ0v) is 11.5. The van der Waals surface area contributed by atoms with Crippen molar-refractivity contribution in [2.24, 2.45) is 7.05 Å². The fourth-order valence-electron chi connectivity index (χ4n) is 2.55. The van der Waals surface area contributed by atoms with Crippen molar-refractivity contribution in [3.05, 3.63) is 23.4 Å². The number of H-pyrrole nitrogens is 1. The highest BCUT2D eigenvalue weighted by atomic mass is 16.5. The van der Waals surface area contributed by atoms with Crippen LogP contribution in [0.5, 0.6) is 0 Å². The molecule has 102 valence electrons. The highest BCUT2D eigenvalue weighted by Gasteiger charge is 2.20. The van der Waals surface area contributed by atoms with Crippen LogP contribution in [0.15, 0.2) is 6.20 Å². The van der Waals surface area contributed by atoms with E-state index < -0.39 is 0 Å². The second-order valence-corrected chi connectivity index (χ2v) is 4.93. The first-order valence-electron chi connectivity index (χ1n) is 6.53. The number of imidazole rings is 1. The molecule has 0 bridgehead atoms. The summed E-state index contributed by atoms with van der Waals surface area (Å²) in [4.78, 5) is 7.86. The van der Waals surface area contributed by atoms with Crippen LogP contribution in [0, 0.1) is 13.8 Å². The molecule has 0 saturated carbocycles. The first-order valence-corrected chi connectivity index (χ1v) is 6.53. The van der Waals surface area contributed by atoms with Crippen LogP contribution >= 0.6 is 0 Å². The molecule has 0 aliphatic carbocycles.